The van der Waals surface area contributed by atoms with Crippen LogP contribution < -0.4 is 5.32 Å². The highest BCUT2D eigenvalue weighted by molar-refractivity contribution is 7.80. The predicted octanol–water partition coefficient (Wildman–Crippen LogP) is 3.58. The highest BCUT2D eigenvalue weighted by Crippen LogP contribution is 2.40. The second-order valence-corrected chi connectivity index (χ2v) is 7.62. The maximum atomic E-state index is 11.7. The van der Waals surface area contributed by atoms with Crippen LogP contribution >= 0.6 is 12.2 Å². The lowest BCUT2D eigenvalue weighted by molar-refractivity contribution is -0.140. The SMILES string of the molecule is COC(=O)CCN1C(=S)N[C@@H](c2ccccn2)[C@@H]1c1ccc(-c2ccc(C(=O)O)cc2)o1. The van der Waals surface area contributed by atoms with Crippen molar-refractivity contribution in [1.29, 1.82) is 0 Å². The summed E-state index contributed by atoms with van der Waals surface area (Å²) in [6, 6.07) is 15.2. The molecule has 2 aromatic heterocycles. The van der Waals surface area contributed by atoms with Gasteiger partial charge in [0.2, 0.25) is 0 Å². The zero-order valence-corrected chi connectivity index (χ0v) is 18.0. The molecule has 3 heterocycles. The van der Waals surface area contributed by atoms with Crippen LogP contribution in [0.25, 0.3) is 11.3 Å². The van der Waals surface area contributed by atoms with E-state index in [0.717, 1.165) is 11.3 Å². The van der Waals surface area contributed by atoms with Gasteiger partial charge in [-0.25, -0.2) is 4.79 Å². The molecule has 1 fully saturated rings. The average Bonchev–Trinajstić information content (AvgIpc) is 3.42. The molecular weight excluding hydrogens is 430 g/mol. The third kappa shape index (κ3) is 4.33. The van der Waals surface area contributed by atoms with E-state index in [0.29, 0.717) is 23.2 Å². The number of benzene rings is 1. The number of hydrogen-bond acceptors (Lipinski definition) is 6. The summed E-state index contributed by atoms with van der Waals surface area (Å²) in [5.74, 6) is -0.0641. The Balaban J connectivity index is 1.67. The number of thiocarbonyl (C=S) groups is 1. The Morgan fingerprint density at radius 3 is 2.62 bits per heavy atom. The maximum Gasteiger partial charge on any atom is 0.335 e. The van der Waals surface area contributed by atoms with Crippen LogP contribution in [0.1, 0.15) is 40.3 Å². The second kappa shape index (κ2) is 9.19. The minimum absolute atomic E-state index is 0.175. The molecule has 0 spiro atoms. The normalized spacial score (nSPS) is 17.8. The fourth-order valence-electron chi connectivity index (χ4n) is 3.71. The third-order valence-corrected chi connectivity index (χ3v) is 5.67. The zero-order valence-electron chi connectivity index (χ0n) is 17.2. The molecule has 0 saturated carbocycles. The van der Waals surface area contributed by atoms with Gasteiger partial charge in [0.15, 0.2) is 5.11 Å². The number of nitrogens with one attached hydrogen (secondary N) is 1. The summed E-state index contributed by atoms with van der Waals surface area (Å²) in [6.45, 7) is 0.357. The quantitative estimate of drug-likeness (QED) is 0.412. The summed E-state index contributed by atoms with van der Waals surface area (Å²) in [5.41, 5.74) is 1.75. The van der Waals surface area contributed by atoms with Crippen molar-refractivity contribution in [2.45, 2.75) is 18.5 Å². The van der Waals surface area contributed by atoms with Crippen molar-refractivity contribution in [2.75, 3.05) is 13.7 Å². The Kier molecular flexibility index (Phi) is 6.18. The standard InChI is InChI=1S/C23H21N3O5S/c1-30-19(27)11-13-26-21(20(25-23(26)32)16-4-2-3-12-24-16)18-10-9-17(31-18)14-5-7-15(8-6-14)22(28)29/h2-10,12,20-21H,11,13H2,1H3,(H,25,32)(H,28,29)/t20-,21-/m0/s1. The lowest BCUT2D eigenvalue weighted by atomic mass is 10.0. The summed E-state index contributed by atoms with van der Waals surface area (Å²) in [7, 11) is 1.35. The number of ether oxygens (including phenoxy) is 1. The van der Waals surface area contributed by atoms with E-state index >= 15 is 0 Å². The first kappa shape index (κ1) is 21.5. The van der Waals surface area contributed by atoms with E-state index in [9.17, 15) is 9.59 Å². The van der Waals surface area contributed by atoms with Gasteiger partial charge in [-0.05, 0) is 48.6 Å². The highest BCUT2D eigenvalue weighted by Gasteiger charge is 2.41. The van der Waals surface area contributed by atoms with Gasteiger partial charge in [-0.1, -0.05) is 18.2 Å². The monoisotopic (exact) mass is 451 g/mol. The van der Waals surface area contributed by atoms with Crippen molar-refractivity contribution in [3.8, 4) is 11.3 Å². The molecule has 9 heteroatoms. The highest BCUT2D eigenvalue weighted by atomic mass is 32.1. The Labute approximate surface area is 189 Å². The molecular formula is C23H21N3O5S. The third-order valence-electron chi connectivity index (χ3n) is 5.32. The smallest absolute Gasteiger partial charge is 0.335 e. The molecule has 3 aromatic rings. The summed E-state index contributed by atoms with van der Waals surface area (Å²) >= 11 is 5.56. The number of nitrogens with zero attached hydrogens (tertiary/aromatic N) is 2. The molecule has 164 valence electrons. The molecule has 0 bridgehead atoms. The number of pyridine rings is 1. The molecule has 1 saturated heterocycles. The van der Waals surface area contributed by atoms with Crippen LogP contribution in [0.4, 0.5) is 0 Å². The number of carbonyl (C=O) groups is 2. The number of rotatable bonds is 7. The number of aromatic nitrogens is 1. The molecule has 1 aliphatic heterocycles. The molecule has 4 rings (SSSR count). The first-order chi connectivity index (χ1) is 15.5. The van der Waals surface area contributed by atoms with Crippen LogP contribution in [0.3, 0.4) is 0 Å². The van der Waals surface area contributed by atoms with E-state index in [2.05, 4.69) is 10.3 Å². The zero-order chi connectivity index (χ0) is 22.7. The van der Waals surface area contributed by atoms with Crippen molar-refractivity contribution >= 4 is 29.3 Å². The minimum Gasteiger partial charge on any atom is -0.478 e. The number of carboxylic acids is 1. The summed E-state index contributed by atoms with van der Waals surface area (Å²) in [4.78, 5) is 29.2. The molecule has 0 aliphatic carbocycles. The van der Waals surface area contributed by atoms with Gasteiger partial charge in [0.25, 0.3) is 0 Å². The molecule has 0 unspecified atom stereocenters. The molecule has 1 aromatic carbocycles. The van der Waals surface area contributed by atoms with E-state index in [1.165, 1.54) is 19.2 Å². The van der Waals surface area contributed by atoms with Crippen molar-refractivity contribution in [3.63, 3.8) is 0 Å². The molecule has 8 nitrogen and oxygen atoms in total. The number of hydrogen-bond donors (Lipinski definition) is 2. The van der Waals surface area contributed by atoms with Crippen molar-refractivity contribution < 1.29 is 23.8 Å². The van der Waals surface area contributed by atoms with Gasteiger partial charge < -0.3 is 24.5 Å². The van der Waals surface area contributed by atoms with E-state index in [1.807, 2.05) is 35.2 Å². The van der Waals surface area contributed by atoms with Gasteiger partial charge in [0, 0.05) is 18.3 Å². The summed E-state index contributed by atoms with van der Waals surface area (Å²) in [6.07, 6.45) is 1.89. The van der Waals surface area contributed by atoms with Crippen LogP contribution in [0, 0.1) is 0 Å². The molecule has 0 amide bonds. The van der Waals surface area contributed by atoms with Crippen LogP contribution in [-0.4, -0.2) is 45.7 Å². The van der Waals surface area contributed by atoms with E-state index < -0.39 is 5.97 Å². The van der Waals surface area contributed by atoms with Gasteiger partial charge in [-0.2, -0.15) is 0 Å². The van der Waals surface area contributed by atoms with Crippen molar-refractivity contribution in [3.05, 3.63) is 77.8 Å². The van der Waals surface area contributed by atoms with Crippen LogP contribution in [-0.2, 0) is 9.53 Å². The van der Waals surface area contributed by atoms with Crippen LogP contribution in [0.15, 0.2) is 65.2 Å². The van der Waals surface area contributed by atoms with Crippen LogP contribution in [0.2, 0.25) is 0 Å². The predicted molar refractivity (Wildman–Crippen MR) is 120 cm³/mol. The number of esters is 1. The topological polar surface area (TPSA) is 105 Å². The number of carbonyl (C=O) groups excluding carboxylic acids is 1. The van der Waals surface area contributed by atoms with Gasteiger partial charge in [0.05, 0.1) is 30.8 Å². The Bertz CT molecular complexity index is 1130. The average molecular weight is 452 g/mol. The fraction of sp³-hybridized carbons (Fsp3) is 0.217. The first-order valence-corrected chi connectivity index (χ1v) is 10.4. The lowest BCUT2D eigenvalue weighted by Crippen LogP contribution is -2.31. The molecule has 32 heavy (non-hydrogen) atoms. The van der Waals surface area contributed by atoms with Crippen molar-refractivity contribution in [1.82, 2.24) is 15.2 Å². The summed E-state index contributed by atoms with van der Waals surface area (Å²) < 4.78 is 11.0. The van der Waals surface area contributed by atoms with Crippen molar-refractivity contribution in [2.24, 2.45) is 0 Å². The van der Waals surface area contributed by atoms with Gasteiger partial charge >= 0.3 is 11.9 Å². The fourth-order valence-corrected chi connectivity index (χ4v) is 4.04. The Hall–Kier alpha value is -3.72. The molecule has 2 atom stereocenters. The number of carboxylic acid groups (broad SMARTS) is 1. The molecule has 0 radical (unpaired) electrons. The molecule has 1 aliphatic rings. The lowest BCUT2D eigenvalue weighted by Gasteiger charge is -2.25. The Morgan fingerprint density at radius 1 is 1.19 bits per heavy atom. The largest absolute Gasteiger partial charge is 0.478 e. The number of furan rings is 1. The minimum atomic E-state index is -0.985. The van der Waals surface area contributed by atoms with Gasteiger partial charge in [0.1, 0.15) is 17.6 Å². The molecule has 2 N–H and O–H groups in total. The number of aromatic carboxylic acids is 1. The van der Waals surface area contributed by atoms with Gasteiger partial charge in [-0.3, -0.25) is 9.78 Å². The Morgan fingerprint density at radius 2 is 1.97 bits per heavy atom. The van der Waals surface area contributed by atoms with Crippen LogP contribution in [0.5, 0.6) is 0 Å². The van der Waals surface area contributed by atoms with E-state index in [4.69, 9.17) is 26.5 Å². The van der Waals surface area contributed by atoms with E-state index in [-0.39, 0.29) is 30.0 Å². The number of methoxy groups -OCH3 is 1. The summed E-state index contributed by atoms with van der Waals surface area (Å²) in [5, 5.41) is 12.9. The first-order valence-electron chi connectivity index (χ1n) is 9.96. The second-order valence-electron chi connectivity index (χ2n) is 7.23. The van der Waals surface area contributed by atoms with E-state index in [1.54, 1.807) is 18.3 Å². The maximum absolute atomic E-state index is 11.7. The van der Waals surface area contributed by atoms with Gasteiger partial charge in [-0.15, -0.1) is 0 Å².